The Morgan fingerprint density at radius 1 is 1.00 bits per heavy atom. The first-order valence-electron chi connectivity index (χ1n) is 5.93. The molecule has 1 amide bonds. The molecule has 2 atom stereocenters. The van der Waals surface area contributed by atoms with Gasteiger partial charge in [0, 0.05) is 11.6 Å². The number of aliphatic carboxylic acids is 2. The van der Waals surface area contributed by atoms with Gasteiger partial charge in [-0.3, -0.25) is 4.79 Å². The van der Waals surface area contributed by atoms with Crippen LogP contribution in [0.15, 0.2) is 30.5 Å². The monoisotopic (exact) mass is 310 g/mol. The van der Waals surface area contributed by atoms with E-state index in [4.69, 9.17) is 26.2 Å². The van der Waals surface area contributed by atoms with E-state index in [-0.39, 0.29) is 0 Å². The highest BCUT2D eigenvalue weighted by atomic mass is 16.4. The summed E-state index contributed by atoms with van der Waals surface area (Å²) in [6, 6.07) is 7.36. The molecule has 0 saturated heterocycles. The van der Waals surface area contributed by atoms with Crippen LogP contribution >= 0.6 is 0 Å². The van der Waals surface area contributed by atoms with Gasteiger partial charge in [0.15, 0.2) is 12.2 Å². The smallest absolute Gasteiger partial charge is 0.335 e. The average molecular weight is 310 g/mol. The third-order valence-corrected chi connectivity index (χ3v) is 2.66. The molecule has 0 bridgehead atoms. The van der Waals surface area contributed by atoms with Gasteiger partial charge in [-0.1, -0.05) is 12.1 Å². The first-order valence-corrected chi connectivity index (χ1v) is 5.93. The third-order valence-electron chi connectivity index (χ3n) is 2.66. The maximum atomic E-state index is 10.9. The number of nitrogens with one attached hydrogen (secondary N) is 1. The Hall–Kier alpha value is -2.91. The molecule has 7 N–H and O–H groups in total. The fourth-order valence-electron chi connectivity index (χ4n) is 1.56. The summed E-state index contributed by atoms with van der Waals surface area (Å²) < 4.78 is 0. The van der Waals surface area contributed by atoms with Gasteiger partial charge in [-0.25, -0.2) is 9.59 Å². The lowest BCUT2D eigenvalue weighted by Crippen LogP contribution is -2.39. The zero-order valence-corrected chi connectivity index (χ0v) is 11.1. The molecule has 0 aliphatic rings. The number of benzene rings is 1. The van der Waals surface area contributed by atoms with Crippen LogP contribution in [0, 0.1) is 0 Å². The maximum Gasteiger partial charge on any atom is 0.335 e. The molecule has 1 aromatic heterocycles. The Balaban J connectivity index is 0.000000225. The lowest BCUT2D eigenvalue weighted by Gasteiger charge is -2.07. The van der Waals surface area contributed by atoms with E-state index in [1.807, 2.05) is 18.2 Å². The second-order valence-electron chi connectivity index (χ2n) is 4.18. The van der Waals surface area contributed by atoms with Crippen molar-refractivity contribution in [2.45, 2.75) is 12.2 Å². The first kappa shape index (κ1) is 17.1. The molecule has 2 aromatic rings. The van der Waals surface area contributed by atoms with Crippen molar-refractivity contribution in [3.63, 3.8) is 0 Å². The number of carboxylic acids is 2. The number of aromatic amines is 1. The van der Waals surface area contributed by atoms with Crippen molar-refractivity contribution in [3.05, 3.63) is 36.0 Å². The highest BCUT2D eigenvalue weighted by Crippen LogP contribution is 2.15. The second kappa shape index (κ2) is 7.20. The molecular weight excluding hydrogens is 296 g/mol. The molecular formula is C13H14N2O7. The van der Waals surface area contributed by atoms with Crippen LogP contribution < -0.4 is 5.73 Å². The van der Waals surface area contributed by atoms with Gasteiger partial charge in [0.2, 0.25) is 0 Å². The van der Waals surface area contributed by atoms with Crippen LogP contribution in [0.5, 0.6) is 0 Å². The van der Waals surface area contributed by atoms with E-state index in [0.717, 1.165) is 10.9 Å². The SMILES string of the molecule is NC(=O)c1cccc2cc[nH]c12.O=C(O)C(O)C(O)C(=O)O. The molecule has 0 saturated carbocycles. The standard InChI is InChI=1S/C9H8N2O.C4H6O6/c10-9(12)7-3-1-2-6-4-5-11-8(6)7;5-1(3(7)8)2(6)4(9)10/h1-5,11H,(H2,10,12);1-2,5-6H,(H,7,8)(H,9,10). The molecule has 0 fully saturated rings. The van der Waals surface area contributed by atoms with Gasteiger partial charge >= 0.3 is 11.9 Å². The minimum atomic E-state index is -2.27. The highest BCUT2D eigenvalue weighted by Gasteiger charge is 2.29. The Morgan fingerprint density at radius 3 is 2.00 bits per heavy atom. The Morgan fingerprint density at radius 2 is 1.55 bits per heavy atom. The number of aliphatic hydroxyl groups excluding tert-OH is 2. The van der Waals surface area contributed by atoms with Gasteiger partial charge in [-0.15, -0.1) is 0 Å². The van der Waals surface area contributed by atoms with Crippen molar-refractivity contribution in [3.8, 4) is 0 Å². The lowest BCUT2D eigenvalue weighted by atomic mass is 10.1. The van der Waals surface area contributed by atoms with E-state index in [1.165, 1.54) is 0 Å². The van der Waals surface area contributed by atoms with Crippen molar-refractivity contribution in [2.75, 3.05) is 0 Å². The van der Waals surface area contributed by atoms with Crippen LogP contribution in [-0.2, 0) is 9.59 Å². The maximum absolute atomic E-state index is 10.9. The Kier molecular flexibility index (Phi) is 5.61. The molecule has 0 radical (unpaired) electrons. The number of amides is 1. The molecule has 0 aliphatic carbocycles. The van der Waals surface area contributed by atoms with Crippen LogP contribution in [0.25, 0.3) is 10.9 Å². The summed E-state index contributed by atoms with van der Waals surface area (Å²) in [6.07, 6.45) is -2.74. The summed E-state index contributed by atoms with van der Waals surface area (Å²) >= 11 is 0. The van der Waals surface area contributed by atoms with Crippen LogP contribution in [-0.4, -0.2) is 55.5 Å². The summed E-state index contributed by atoms with van der Waals surface area (Å²) in [7, 11) is 0. The second-order valence-corrected chi connectivity index (χ2v) is 4.18. The Labute approximate surface area is 123 Å². The number of carbonyl (C=O) groups is 3. The number of carboxylic acid groups (broad SMARTS) is 2. The topological polar surface area (TPSA) is 174 Å². The number of aliphatic hydroxyl groups is 2. The van der Waals surface area contributed by atoms with E-state index in [9.17, 15) is 14.4 Å². The van der Waals surface area contributed by atoms with Crippen molar-refractivity contribution in [1.29, 1.82) is 0 Å². The molecule has 2 rings (SSSR count). The van der Waals surface area contributed by atoms with Gasteiger partial charge in [0.05, 0.1) is 11.1 Å². The zero-order valence-electron chi connectivity index (χ0n) is 11.1. The predicted molar refractivity (Wildman–Crippen MR) is 74.1 cm³/mol. The van der Waals surface area contributed by atoms with Crippen molar-refractivity contribution >= 4 is 28.7 Å². The minimum absolute atomic E-state index is 0.400. The minimum Gasteiger partial charge on any atom is -0.479 e. The van der Waals surface area contributed by atoms with Gasteiger partial charge in [0.25, 0.3) is 5.91 Å². The summed E-state index contributed by atoms with van der Waals surface area (Å²) in [4.78, 5) is 33.4. The largest absolute Gasteiger partial charge is 0.479 e. The van der Waals surface area contributed by atoms with E-state index >= 15 is 0 Å². The van der Waals surface area contributed by atoms with Crippen LogP contribution in [0.4, 0.5) is 0 Å². The average Bonchev–Trinajstić information content (AvgIpc) is 2.94. The number of hydrogen-bond acceptors (Lipinski definition) is 5. The molecule has 118 valence electrons. The van der Waals surface area contributed by atoms with E-state index in [2.05, 4.69) is 4.98 Å². The first-order chi connectivity index (χ1) is 10.3. The summed E-state index contributed by atoms with van der Waals surface area (Å²) in [5, 5.41) is 33.5. The number of hydrogen-bond donors (Lipinski definition) is 6. The van der Waals surface area contributed by atoms with Crippen LogP contribution in [0.2, 0.25) is 0 Å². The number of aromatic nitrogens is 1. The van der Waals surface area contributed by atoms with Gasteiger partial charge in [-0.2, -0.15) is 0 Å². The molecule has 1 heterocycles. The molecule has 2 unspecified atom stereocenters. The Bertz CT molecular complexity index is 677. The zero-order chi connectivity index (χ0) is 16.9. The third kappa shape index (κ3) is 4.04. The van der Waals surface area contributed by atoms with Crippen LogP contribution in [0.1, 0.15) is 10.4 Å². The number of rotatable bonds is 4. The van der Waals surface area contributed by atoms with Crippen LogP contribution in [0.3, 0.4) is 0 Å². The van der Waals surface area contributed by atoms with E-state index in [1.54, 1.807) is 12.3 Å². The summed E-state index contributed by atoms with van der Waals surface area (Å²) in [5.41, 5.74) is 6.53. The molecule has 1 aromatic carbocycles. The molecule has 9 heteroatoms. The quantitative estimate of drug-likeness (QED) is 0.426. The van der Waals surface area contributed by atoms with Gasteiger partial charge in [0.1, 0.15) is 0 Å². The van der Waals surface area contributed by atoms with Gasteiger partial charge < -0.3 is 31.1 Å². The summed E-state index contributed by atoms with van der Waals surface area (Å²) in [5.74, 6) is -3.94. The number of nitrogens with two attached hydrogens (primary N) is 1. The highest BCUT2D eigenvalue weighted by molar-refractivity contribution is 6.04. The number of H-pyrrole nitrogens is 1. The normalized spacial score (nSPS) is 12.8. The number of primary amides is 1. The van der Waals surface area contributed by atoms with E-state index in [0.29, 0.717) is 5.56 Å². The fraction of sp³-hybridized carbons (Fsp3) is 0.154. The summed E-state index contributed by atoms with van der Waals surface area (Å²) in [6.45, 7) is 0. The van der Waals surface area contributed by atoms with Crippen molar-refractivity contribution < 1.29 is 34.8 Å². The predicted octanol–water partition coefficient (Wildman–Crippen LogP) is -0.856. The van der Waals surface area contributed by atoms with Crippen molar-refractivity contribution in [1.82, 2.24) is 4.98 Å². The number of para-hydroxylation sites is 1. The molecule has 9 nitrogen and oxygen atoms in total. The number of carbonyl (C=O) groups excluding carboxylic acids is 1. The van der Waals surface area contributed by atoms with E-state index < -0.39 is 30.1 Å². The lowest BCUT2D eigenvalue weighted by molar-refractivity contribution is -0.165. The molecule has 0 spiro atoms. The number of fused-ring (bicyclic) bond motifs is 1. The van der Waals surface area contributed by atoms with Crippen molar-refractivity contribution in [2.24, 2.45) is 5.73 Å². The fourth-order valence-corrected chi connectivity index (χ4v) is 1.56. The van der Waals surface area contributed by atoms with Gasteiger partial charge in [-0.05, 0) is 12.1 Å². The molecule has 22 heavy (non-hydrogen) atoms. The molecule has 0 aliphatic heterocycles.